The Kier molecular flexibility index (Phi) is 6.36. The van der Waals surface area contributed by atoms with Crippen LogP contribution >= 0.6 is 0 Å². The van der Waals surface area contributed by atoms with Crippen LogP contribution in [0.4, 0.5) is 5.69 Å². The average Bonchev–Trinajstić information content (AvgIpc) is 3.08. The lowest BCUT2D eigenvalue weighted by Gasteiger charge is -2.32. The van der Waals surface area contributed by atoms with Crippen LogP contribution in [0.25, 0.3) is 22.2 Å². The van der Waals surface area contributed by atoms with Crippen LogP contribution < -0.4 is 10.0 Å². The van der Waals surface area contributed by atoms with E-state index >= 15 is 0 Å². The summed E-state index contributed by atoms with van der Waals surface area (Å²) in [6.07, 6.45) is 3.55. The number of likely N-dealkylation sites (N-methyl/N-ethyl adjacent to an activating group) is 1. The predicted octanol–water partition coefficient (Wildman–Crippen LogP) is 3.91. The normalized spacial score (nSPS) is 16.1. The molecule has 3 aromatic rings. The number of H-pyrrole nitrogens is 1. The van der Waals surface area contributed by atoms with Crippen molar-refractivity contribution in [1.82, 2.24) is 15.2 Å². The molecule has 166 valence electrons. The first kappa shape index (κ1) is 21.9. The smallest absolute Gasteiger partial charge is 0.229 e. The molecule has 0 spiro atoms. The van der Waals surface area contributed by atoms with E-state index in [9.17, 15) is 8.42 Å². The van der Waals surface area contributed by atoms with Gasteiger partial charge in [-0.1, -0.05) is 24.3 Å². The van der Waals surface area contributed by atoms with Crippen LogP contribution in [0.2, 0.25) is 0 Å². The second-order valence-corrected chi connectivity index (χ2v) is 10.3. The number of benzene rings is 2. The summed E-state index contributed by atoms with van der Waals surface area (Å²) in [5.74, 6) is 0.590. The number of rotatable bonds is 7. The molecule has 31 heavy (non-hydrogen) atoms. The molecule has 3 N–H and O–H groups in total. The monoisotopic (exact) mass is 440 g/mol. The number of anilines is 1. The third-order valence-electron chi connectivity index (χ3n) is 6.31. The fourth-order valence-corrected chi connectivity index (χ4v) is 5.19. The van der Waals surface area contributed by atoms with Crippen molar-refractivity contribution in [3.05, 3.63) is 53.6 Å². The van der Waals surface area contributed by atoms with Crippen LogP contribution in [-0.2, 0) is 10.0 Å². The van der Waals surface area contributed by atoms with E-state index < -0.39 is 10.0 Å². The van der Waals surface area contributed by atoms with Gasteiger partial charge in [0.05, 0.1) is 17.6 Å². The number of likely N-dealkylation sites (tertiary alicyclic amines) is 1. The molecule has 1 saturated heterocycles. The summed E-state index contributed by atoms with van der Waals surface area (Å²) in [5, 5.41) is 4.44. The first-order valence-electron chi connectivity index (χ1n) is 10.9. The largest absolute Gasteiger partial charge is 0.354 e. The lowest BCUT2D eigenvalue weighted by atomic mass is 9.88. The fourth-order valence-electron chi connectivity index (χ4n) is 4.62. The molecular formula is C24H32N4O2S. The number of hydrogen-bond acceptors (Lipinski definition) is 4. The second-order valence-electron chi connectivity index (χ2n) is 8.57. The molecule has 6 nitrogen and oxygen atoms in total. The molecule has 1 fully saturated rings. The van der Waals surface area contributed by atoms with Gasteiger partial charge in [0, 0.05) is 29.6 Å². The molecule has 0 atom stereocenters. The van der Waals surface area contributed by atoms with Gasteiger partial charge in [0.15, 0.2) is 0 Å². The number of sulfonamides is 1. The van der Waals surface area contributed by atoms with Crippen LogP contribution in [0.5, 0.6) is 0 Å². The molecule has 0 radical (unpaired) electrons. The predicted molar refractivity (Wildman–Crippen MR) is 129 cm³/mol. The molecule has 2 heterocycles. The van der Waals surface area contributed by atoms with E-state index in [4.69, 9.17) is 0 Å². The molecule has 0 amide bonds. The lowest BCUT2D eigenvalue weighted by Crippen LogP contribution is -2.37. The number of aromatic amines is 1. The van der Waals surface area contributed by atoms with E-state index in [0.29, 0.717) is 11.6 Å². The van der Waals surface area contributed by atoms with Gasteiger partial charge < -0.3 is 15.2 Å². The van der Waals surface area contributed by atoms with E-state index in [1.807, 2.05) is 25.2 Å². The Morgan fingerprint density at radius 2 is 1.87 bits per heavy atom. The van der Waals surface area contributed by atoms with Crippen molar-refractivity contribution in [1.29, 1.82) is 0 Å². The van der Waals surface area contributed by atoms with Crippen molar-refractivity contribution in [3.63, 3.8) is 0 Å². The maximum absolute atomic E-state index is 11.8. The number of nitrogens with zero attached hydrogens (tertiary/aromatic N) is 1. The summed E-state index contributed by atoms with van der Waals surface area (Å²) in [4.78, 5) is 6.06. The highest BCUT2D eigenvalue weighted by Crippen LogP contribution is 2.37. The van der Waals surface area contributed by atoms with Gasteiger partial charge in [0.2, 0.25) is 10.0 Å². The molecule has 0 aliphatic carbocycles. The minimum Gasteiger partial charge on any atom is -0.354 e. The van der Waals surface area contributed by atoms with Gasteiger partial charge in [-0.05, 0) is 75.1 Å². The van der Waals surface area contributed by atoms with Gasteiger partial charge in [-0.3, -0.25) is 4.72 Å². The zero-order valence-electron chi connectivity index (χ0n) is 18.5. The Balaban J connectivity index is 1.62. The Bertz CT molecular complexity index is 1160. The first-order valence-corrected chi connectivity index (χ1v) is 12.8. The Hall–Kier alpha value is -2.35. The minimum absolute atomic E-state index is 0.590. The van der Waals surface area contributed by atoms with Crippen molar-refractivity contribution in [2.24, 2.45) is 0 Å². The lowest BCUT2D eigenvalue weighted by molar-refractivity contribution is 0.214. The summed E-state index contributed by atoms with van der Waals surface area (Å²) in [6.45, 7) is 6.55. The third-order valence-corrected chi connectivity index (χ3v) is 6.90. The zero-order chi connectivity index (χ0) is 22.0. The number of para-hydroxylation sites is 1. The highest BCUT2D eigenvalue weighted by atomic mass is 32.2. The Morgan fingerprint density at radius 3 is 2.58 bits per heavy atom. The highest BCUT2D eigenvalue weighted by molar-refractivity contribution is 7.92. The van der Waals surface area contributed by atoms with Crippen molar-refractivity contribution in [3.8, 4) is 11.3 Å². The maximum atomic E-state index is 11.8. The van der Waals surface area contributed by atoms with E-state index in [-0.39, 0.29) is 0 Å². The summed E-state index contributed by atoms with van der Waals surface area (Å²) in [7, 11) is -1.35. The number of aryl methyl sites for hydroxylation is 1. The number of piperidine rings is 1. The SMILES string of the molecule is CNCCN1CCC(c2ccc3[nH]c(-c4ccccc4NS(C)(=O)=O)c(C)c3c2)CC1. The Labute approximate surface area is 185 Å². The van der Waals surface area contributed by atoms with E-state index in [0.717, 1.165) is 48.5 Å². The number of nitrogens with one attached hydrogen (secondary N) is 3. The van der Waals surface area contributed by atoms with Gasteiger partial charge in [-0.15, -0.1) is 0 Å². The van der Waals surface area contributed by atoms with Crippen molar-refractivity contribution in [2.75, 3.05) is 44.2 Å². The van der Waals surface area contributed by atoms with Gasteiger partial charge >= 0.3 is 0 Å². The Morgan fingerprint density at radius 1 is 1.13 bits per heavy atom. The van der Waals surface area contributed by atoms with Crippen LogP contribution in [-0.4, -0.2) is 57.8 Å². The average molecular weight is 441 g/mol. The minimum atomic E-state index is -3.35. The van der Waals surface area contributed by atoms with E-state index in [1.54, 1.807) is 6.07 Å². The zero-order valence-corrected chi connectivity index (χ0v) is 19.3. The number of hydrogen-bond donors (Lipinski definition) is 3. The van der Waals surface area contributed by atoms with Gasteiger partial charge in [-0.25, -0.2) is 8.42 Å². The summed E-state index contributed by atoms with van der Waals surface area (Å²) in [6, 6.07) is 14.3. The summed E-state index contributed by atoms with van der Waals surface area (Å²) < 4.78 is 26.3. The molecule has 0 unspecified atom stereocenters. The van der Waals surface area contributed by atoms with E-state index in [1.165, 1.54) is 30.0 Å². The molecule has 1 aliphatic rings. The van der Waals surface area contributed by atoms with Crippen molar-refractivity contribution < 1.29 is 8.42 Å². The van der Waals surface area contributed by atoms with Gasteiger partial charge in [0.1, 0.15) is 0 Å². The number of fused-ring (bicyclic) bond motifs is 1. The number of aromatic nitrogens is 1. The topological polar surface area (TPSA) is 77.2 Å². The van der Waals surface area contributed by atoms with Gasteiger partial charge in [0.25, 0.3) is 0 Å². The van der Waals surface area contributed by atoms with Crippen LogP contribution in [0.1, 0.15) is 29.9 Å². The molecule has 7 heteroatoms. The van der Waals surface area contributed by atoms with Crippen molar-refractivity contribution in [2.45, 2.75) is 25.7 Å². The molecule has 0 bridgehead atoms. The van der Waals surface area contributed by atoms with Crippen LogP contribution in [0.15, 0.2) is 42.5 Å². The molecule has 4 rings (SSSR count). The first-order chi connectivity index (χ1) is 14.9. The quantitative estimate of drug-likeness (QED) is 0.521. The summed E-state index contributed by atoms with van der Waals surface area (Å²) in [5.41, 5.74) is 6.04. The van der Waals surface area contributed by atoms with Gasteiger partial charge in [-0.2, -0.15) is 0 Å². The summed E-state index contributed by atoms with van der Waals surface area (Å²) >= 11 is 0. The standard InChI is InChI=1S/C24H32N4O2S/c1-17-21-16-19(18-10-13-28(14-11-18)15-12-25-2)8-9-22(21)26-24(17)20-6-4-5-7-23(20)27-31(3,29)30/h4-9,16,18,25-27H,10-15H2,1-3H3. The molecular weight excluding hydrogens is 408 g/mol. The highest BCUT2D eigenvalue weighted by Gasteiger charge is 2.21. The van der Waals surface area contributed by atoms with E-state index in [2.05, 4.69) is 45.0 Å². The molecule has 2 aromatic carbocycles. The molecule has 1 aromatic heterocycles. The molecule has 0 saturated carbocycles. The van der Waals surface area contributed by atoms with Crippen LogP contribution in [0, 0.1) is 6.92 Å². The van der Waals surface area contributed by atoms with Crippen LogP contribution in [0.3, 0.4) is 0 Å². The fraction of sp³-hybridized carbons (Fsp3) is 0.417. The second kappa shape index (κ2) is 9.02. The third kappa shape index (κ3) is 4.95. The molecule has 1 aliphatic heterocycles. The van der Waals surface area contributed by atoms with Crippen molar-refractivity contribution >= 4 is 26.6 Å². The maximum Gasteiger partial charge on any atom is 0.229 e.